The Balaban J connectivity index is 1.86. The summed E-state index contributed by atoms with van der Waals surface area (Å²) >= 11 is 0. The lowest BCUT2D eigenvalue weighted by Crippen LogP contribution is -2.10. The molecule has 0 spiro atoms. The smallest absolute Gasteiger partial charge is 0.0630 e. The Kier molecular flexibility index (Phi) is 5.46. The van der Waals surface area contributed by atoms with Gasteiger partial charge in [-0.25, -0.2) is 0 Å². The minimum absolute atomic E-state index is 0.162. The maximum Gasteiger partial charge on any atom is 0.0630 e. The van der Waals surface area contributed by atoms with E-state index in [-0.39, 0.29) is 5.41 Å². The molecule has 0 amide bonds. The van der Waals surface area contributed by atoms with Crippen LogP contribution in [0.2, 0.25) is 0 Å². The minimum Gasteiger partial charge on any atom is -0.378 e. The van der Waals surface area contributed by atoms with E-state index in [1.54, 1.807) is 0 Å². The summed E-state index contributed by atoms with van der Waals surface area (Å²) in [6, 6.07) is 19.4. The van der Waals surface area contributed by atoms with E-state index in [0.717, 1.165) is 11.3 Å². The highest BCUT2D eigenvalue weighted by Gasteiger charge is 2.13. The third-order valence-corrected chi connectivity index (χ3v) is 5.18. The van der Waals surface area contributed by atoms with Crippen molar-refractivity contribution in [2.45, 2.75) is 40.0 Å². The van der Waals surface area contributed by atoms with Gasteiger partial charge in [-0.1, -0.05) is 32.9 Å². The molecule has 0 bridgehead atoms. The lowest BCUT2D eigenvalue weighted by molar-refractivity contribution is 0.590. The fraction of sp³-hybridized carbons (Fsp3) is 0.320. The third-order valence-electron chi connectivity index (χ3n) is 5.18. The Labute approximate surface area is 169 Å². The molecule has 1 heterocycles. The topological polar surface area (TPSA) is 20.5 Å². The van der Waals surface area contributed by atoms with E-state index in [1.807, 2.05) is 6.21 Å². The maximum absolute atomic E-state index is 4.70. The van der Waals surface area contributed by atoms with Crippen molar-refractivity contribution in [1.29, 1.82) is 0 Å². The van der Waals surface area contributed by atoms with Gasteiger partial charge in [0, 0.05) is 48.6 Å². The van der Waals surface area contributed by atoms with E-state index in [4.69, 9.17) is 4.99 Å². The molecule has 146 valence electrons. The van der Waals surface area contributed by atoms with Crippen LogP contribution in [0.1, 0.15) is 43.3 Å². The lowest BCUT2D eigenvalue weighted by Gasteiger charge is -2.18. The number of nitrogens with zero attached hydrogens (tertiary/aromatic N) is 3. The fourth-order valence-corrected chi connectivity index (χ4v) is 3.41. The van der Waals surface area contributed by atoms with Crippen molar-refractivity contribution in [3.05, 3.63) is 77.1 Å². The summed E-state index contributed by atoms with van der Waals surface area (Å²) in [7, 11) is 4.12. The molecule has 0 aliphatic heterocycles. The van der Waals surface area contributed by atoms with E-state index >= 15 is 0 Å². The van der Waals surface area contributed by atoms with Crippen molar-refractivity contribution in [2.75, 3.05) is 19.0 Å². The molecule has 0 atom stereocenters. The van der Waals surface area contributed by atoms with Gasteiger partial charge in [-0.05, 0) is 67.3 Å². The molecule has 0 radical (unpaired) electrons. The SMILES string of the molecule is Cc1cc(C=Nc2ccc(C(C)(C)C)cc2)c(C)n1-c1ccc(N(C)C)cc1. The molecule has 0 aliphatic rings. The summed E-state index contributed by atoms with van der Waals surface area (Å²) in [6.07, 6.45) is 1.97. The van der Waals surface area contributed by atoms with E-state index in [0.29, 0.717) is 0 Å². The van der Waals surface area contributed by atoms with Gasteiger partial charge in [0.05, 0.1) is 5.69 Å². The van der Waals surface area contributed by atoms with E-state index < -0.39 is 0 Å². The van der Waals surface area contributed by atoms with Gasteiger partial charge in [0.25, 0.3) is 0 Å². The number of aromatic nitrogens is 1. The van der Waals surface area contributed by atoms with Crippen LogP contribution in [0.3, 0.4) is 0 Å². The molecule has 3 heteroatoms. The zero-order valence-corrected chi connectivity index (χ0v) is 18.1. The Morgan fingerprint density at radius 2 is 1.50 bits per heavy atom. The van der Waals surface area contributed by atoms with Crippen LogP contribution >= 0.6 is 0 Å². The first-order valence-corrected chi connectivity index (χ1v) is 9.78. The number of hydrogen-bond acceptors (Lipinski definition) is 2. The minimum atomic E-state index is 0.162. The summed E-state index contributed by atoms with van der Waals surface area (Å²) in [5.74, 6) is 0. The van der Waals surface area contributed by atoms with Gasteiger partial charge in [-0.2, -0.15) is 0 Å². The van der Waals surface area contributed by atoms with Crippen LogP contribution in [-0.2, 0) is 5.41 Å². The molecule has 0 saturated heterocycles. The normalized spacial score (nSPS) is 12.0. The number of aryl methyl sites for hydroxylation is 1. The molecule has 0 fully saturated rings. The third kappa shape index (κ3) is 4.19. The van der Waals surface area contributed by atoms with Crippen molar-refractivity contribution in [1.82, 2.24) is 4.57 Å². The summed E-state index contributed by atoms with van der Waals surface area (Å²) < 4.78 is 2.28. The van der Waals surface area contributed by atoms with Gasteiger partial charge >= 0.3 is 0 Å². The highest BCUT2D eigenvalue weighted by molar-refractivity contribution is 5.84. The Hall–Kier alpha value is -2.81. The number of rotatable bonds is 4. The van der Waals surface area contributed by atoms with Crippen molar-refractivity contribution < 1.29 is 0 Å². The molecular weight excluding hydrogens is 342 g/mol. The van der Waals surface area contributed by atoms with Crippen LogP contribution in [0.4, 0.5) is 11.4 Å². The Morgan fingerprint density at radius 1 is 0.893 bits per heavy atom. The fourth-order valence-electron chi connectivity index (χ4n) is 3.41. The first-order valence-electron chi connectivity index (χ1n) is 9.78. The standard InChI is InChI=1S/C25H31N3/c1-18-16-20(17-26-22-10-8-21(9-11-22)25(3,4)5)19(2)28(18)24-14-12-23(13-15-24)27(6)7/h8-17H,1-7H3. The number of hydrogen-bond donors (Lipinski definition) is 0. The van der Waals surface area contributed by atoms with Crippen molar-refractivity contribution in [3.63, 3.8) is 0 Å². The zero-order chi connectivity index (χ0) is 20.5. The van der Waals surface area contributed by atoms with Gasteiger partial charge in [-0.3, -0.25) is 4.99 Å². The first kappa shape index (κ1) is 19.9. The lowest BCUT2D eigenvalue weighted by atomic mass is 9.87. The summed E-state index contributed by atoms with van der Waals surface area (Å²) in [4.78, 5) is 6.81. The second kappa shape index (κ2) is 7.67. The summed E-state index contributed by atoms with van der Waals surface area (Å²) in [6.45, 7) is 11.0. The van der Waals surface area contributed by atoms with E-state index in [9.17, 15) is 0 Å². The van der Waals surface area contributed by atoms with Gasteiger partial charge in [-0.15, -0.1) is 0 Å². The monoisotopic (exact) mass is 373 g/mol. The van der Waals surface area contributed by atoms with Crippen molar-refractivity contribution >= 4 is 17.6 Å². The summed E-state index contributed by atoms with van der Waals surface area (Å²) in [5, 5.41) is 0. The van der Waals surface area contributed by atoms with Crippen LogP contribution < -0.4 is 4.90 Å². The van der Waals surface area contributed by atoms with Gasteiger partial charge in [0.1, 0.15) is 0 Å². The predicted molar refractivity (Wildman–Crippen MR) is 122 cm³/mol. The molecular formula is C25H31N3. The highest BCUT2D eigenvalue weighted by Crippen LogP contribution is 2.25. The van der Waals surface area contributed by atoms with Crippen LogP contribution in [0.25, 0.3) is 5.69 Å². The largest absolute Gasteiger partial charge is 0.378 e. The quantitative estimate of drug-likeness (QED) is 0.498. The van der Waals surface area contributed by atoms with Crippen molar-refractivity contribution in [2.24, 2.45) is 4.99 Å². The zero-order valence-electron chi connectivity index (χ0n) is 18.1. The molecule has 28 heavy (non-hydrogen) atoms. The second-order valence-electron chi connectivity index (χ2n) is 8.63. The van der Waals surface area contributed by atoms with Crippen LogP contribution in [0.5, 0.6) is 0 Å². The summed E-state index contributed by atoms with van der Waals surface area (Å²) in [5.41, 5.74) is 8.40. The van der Waals surface area contributed by atoms with E-state index in [1.165, 1.54) is 28.3 Å². The molecule has 1 aromatic heterocycles. The van der Waals surface area contributed by atoms with Crippen molar-refractivity contribution in [3.8, 4) is 5.69 Å². The number of aliphatic imine (C=N–C) groups is 1. The molecule has 0 saturated carbocycles. The van der Waals surface area contributed by atoms with Gasteiger partial charge in [0.2, 0.25) is 0 Å². The van der Waals surface area contributed by atoms with Crippen LogP contribution in [-0.4, -0.2) is 24.9 Å². The van der Waals surface area contributed by atoms with Gasteiger partial charge in [0.15, 0.2) is 0 Å². The number of anilines is 1. The molecule has 0 N–H and O–H groups in total. The highest BCUT2D eigenvalue weighted by atomic mass is 15.1. The molecule has 0 aliphatic carbocycles. The maximum atomic E-state index is 4.70. The Bertz CT molecular complexity index is 966. The van der Waals surface area contributed by atoms with Crippen LogP contribution in [0.15, 0.2) is 59.6 Å². The molecule has 0 unspecified atom stereocenters. The average molecular weight is 374 g/mol. The first-order chi connectivity index (χ1) is 13.2. The molecule has 3 nitrogen and oxygen atoms in total. The predicted octanol–water partition coefficient (Wildman–Crippen LogP) is 6.21. The average Bonchev–Trinajstić information content (AvgIpc) is 2.93. The molecule has 3 rings (SSSR count). The molecule has 3 aromatic rings. The second-order valence-corrected chi connectivity index (χ2v) is 8.63. The molecule has 2 aromatic carbocycles. The van der Waals surface area contributed by atoms with E-state index in [2.05, 4.69) is 113 Å². The van der Waals surface area contributed by atoms with Gasteiger partial charge < -0.3 is 9.47 Å². The van der Waals surface area contributed by atoms with Crippen LogP contribution in [0, 0.1) is 13.8 Å². The Morgan fingerprint density at radius 3 is 2.04 bits per heavy atom. The number of benzene rings is 2.